The average Bonchev–Trinajstić information content (AvgIpc) is 2.75. The minimum Gasteiger partial charge on any atom is -0.497 e. The predicted molar refractivity (Wildman–Crippen MR) is 112 cm³/mol. The van der Waals surface area contributed by atoms with Crippen molar-refractivity contribution in [3.8, 4) is 5.75 Å². The number of carbonyl (C=O) groups excluding carboxylic acids is 2. The Kier molecular flexibility index (Phi) is 6.58. The van der Waals surface area contributed by atoms with E-state index in [2.05, 4.69) is 15.6 Å². The largest absolute Gasteiger partial charge is 0.497 e. The van der Waals surface area contributed by atoms with E-state index in [4.69, 9.17) is 4.74 Å². The Morgan fingerprint density at radius 3 is 2.48 bits per heavy atom. The number of amides is 2. The molecular formula is C23H23N3O3. The maximum atomic E-state index is 12.5. The number of carbonyl (C=O) groups is 2. The van der Waals surface area contributed by atoms with Crippen LogP contribution in [0.15, 0.2) is 67.0 Å². The summed E-state index contributed by atoms with van der Waals surface area (Å²) in [5.41, 5.74) is 3.42. The van der Waals surface area contributed by atoms with E-state index in [1.807, 2.05) is 55.5 Å². The lowest BCUT2D eigenvalue weighted by Gasteiger charge is -2.09. The van der Waals surface area contributed by atoms with Crippen LogP contribution in [0.25, 0.3) is 0 Å². The molecule has 1 heterocycles. The van der Waals surface area contributed by atoms with Crippen molar-refractivity contribution in [3.63, 3.8) is 0 Å². The fourth-order valence-electron chi connectivity index (χ4n) is 2.85. The molecule has 0 unspecified atom stereocenters. The molecule has 0 aliphatic carbocycles. The molecule has 0 fully saturated rings. The van der Waals surface area contributed by atoms with Crippen molar-refractivity contribution in [1.82, 2.24) is 10.3 Å². The molecular weight excluding hydrogens is 366 g/mol. The highest BCUT2D eigenvalue weighted by Gasteiger charge is 2.12. The van der Waals surface area contributed by atoms with Gasteiger partial charge in [0.05, 0.1) is 18.2 Å². The second kappa shape index (κ2) is 9.50. The van der Waals surface area contributed by atoms with Crippen LogP contribution in [-0.4, -0.2) is 30.5 Å². The van der Waals surface area contributed by atoms with Crippen LogP contribution in [0.5, 0.6) is 5.75 Å². The van der Waals surface area contributed by atoms with Gasteiger partial charge in [-0.05, 0) is 48.7 Å². The number of nitrogens with one attached hydrogen (secondary N) is 2. The molecule has 0 spiro atoms. The molecule has 0 aliphatic heterocycles. The molecule has 6 heteroatoms. The Bertz CT molecular complexity index is 1020. The van der Waals surface area contributed by atoms with Crippen molar-refractivity contribution < 1.29 is 14.3 Å². The van der Waals surface area contributed by atoms with Gasteiger partial charge < -0.3 is 15.4 Å². The van der Waals surface area contributed by atoms with Crippen molar-refractivity contribution in [2.45, 2.75) is 13.3 Å². The van der Waals surface area contributed by atoms with Crippen LogP contribution in [-0.2, 0) is 6.42 Å². The van der Waals surface area contributed by atoms with E-state index < -0.39 is 0 Å². The van der Waals surface area contributed by atoms with Gasteiger partial charge in [-0.15, -0.1) is 0 Å². The Hall–Kier alpha value is -3.67. The van der Waals surface area contributed by atoms with E-state index in [-0.39, 0.29) is 11.8 Å². The van der Waals surface area contributed by atoms with E-state index in [1.54, 1.807) is 13.2 Å². The van der Waals surface area contributed by atoms with Gasteiger partial charge in [-0.2, -0.15) is 0 Å². The van der Waals surface area contributed by atoms with Crippen LogP contribution >= 0.6 is 0 Å². The number of rotatable bonds is 7. The molecule has 0 saturated heterocycles. The molecule has 0 bridgehead atoms. The standard InChI is InChI=1S/C23H23N3O3/c1-16-6-3-4-9-21(16)26-23(28)19-13-18(14-24-15-19)22(27)25-11-10-17-7-5-8-20(12-17)29-2/h3-9,12-15H,10-11H2,1-2H3,(H,25,27)(H,26,28). The van der Waals surface area contributed by atoms with E-state index in [0.717, 1.165) is 22.6 Å². The van der Waals surface area contributed by atoms with Crippen LogP contribution in [0, 0.1) is 6.92 Å². The number of aryl methyl sites for hydroxylation is 1. The zero-order chi connectivity index (χ0) is 20.6. The quantitative estimate of drug-likeness (QED) is 0.647. The summed E-state index contributed by atoms with van der Waals surface area (Å²) < 4.78 is 5.20. The van der Waals surface area contributed by atoms with Gasteiger partial charge in [0, 0.05) is 24.6 Å². The lowest BCUT2D eigenvalue weighted by molar-refractivity contribution is 0.0953. The molecule has 0 saturated carbocycles. The van der Waals surface area contributed by atoms with E-state index in [0.29, 0.717) is 24.1 Å². The number of hydrogen-bond acceptors (Lipinski definition) is 4. The molecule has 3 rings (SSSR count). The Morgan fingerprint density at radius 2 is 1.72 bits per heavy atom. The normalized spacial score (nSPS) is 10.3. The highest BCUT2D eigenvalue weighted by atomic mass is 16.5. The molecule has 2 aromatic carbocycles. The van der Waals surface area contributed by atoms with Crippen LogP contribution in [0.1, 0.15) is 31.8 Å². The Morgan fingerprint density at radius 1 is 0.966 bits per heavy atom. The van der Waals surface area contributed by atoms with Gasteiger partial charge >= 0.3 is 0 Å². The van der Waals surface area contributed by atoms with Gasteiger partial charge in [-0.3, -0.25) is 14.6 Å². The summed E-state index contributed by atoms with van der Waals surface area (Å²) in [4.78, 5) is 29.0. The van der Waals surface area contributed by atoms with Crippen LogP contribution in [0.3, 0.4) is 0 Å². The van der Waals surface area contributed by atoms with Crippen LogP contribution < -0.4 is 15.4 Å². The summed E-state index contributed by atoms with van der Waals surface area (Å²) in [7, 11) is 1.62. The van der Waals surface area contributed by atoms with E-state index >= 15 is 0 Å². The zero-order valence-electron chi connectivity index (χ0n) is 16.4. The van der Waals surface area contributed by atoms with E-state index in [9.17, 15) is 9.59 Å². The van der Waals surface area contributed by atoms with Crippen molar-refractivity contribution in [2.75, 3.05) is 19.0 Å². The molecule has 29 heavy (non-hydrogen) atoms. The topological polar surface area (TPSA) is 80.3 Å². The second-order valence-electron chi connectivity index (χ2n) is 6.59. The summed E-state index contributed by atoms with van der Waals surface area (Å²) >= 11 is 0. The van der Waals surface area contributed by atoms with Crippen molar-refractivity contribution in [3.05, 3.63) is 89.2 Å². The number of aromatic nitrogens is 1. The number of para-hydroxylation sites is 1. The van der Waals surface area contributed by atoms with E-state index in [1.165, 1.54) is 12.4 Å². The first kappa shape index (κ1) is 20.1. The monoisotopic (exact) mass is 389 g/mol. The number of nitrogens with zero attached hydrogens (tertiary/aromatic N) is 1. The lowest BCUT2D eigenvalue weighted by atomic mass is 10.1. The van der Waals surface area contributed by atoms with Crippen LogP contribution in [0.4, 0.5) is 5.69 Å². The highest BCUT2D eigenvalue weighted by Crippen LogP contribution is 2.15. The first-order chi connectivity index (χ1) is 14.1. The predicted octanol–water partition coefficient (Wildman–Crippen LogP) is 3.62. The molecule has 0 atom stereocenters. The summed E-state index contributed by atoms with van der Waals surface area (Å²) in [6, 6.07) is 16.8. The van der Waals surface area contributed by atoms with Crippen LogP contribution in [0.2, 0.25) is 0 Å². The van der Waals surface area contributed by atoms with Gasteiger partial charge in [-0.25, -0.2) is 0 Å². The molecule has 2 amide bonds. The van der Waals surface area contributed by atoms with Gasteiger partial charge in [0.15, 0.2) is 0 Å². The number of pyridine rings is 1. The summed E-state index contributed by atoms with van der Waals surface area (Å²) in [6.07, 6.45) is 3.57. The lowest BCUT2D eigenvalue weighted by Crippen LogP contribution is -2.26. The maximum Gasteiger partial charge on any atom is 0.257 e. The Labute approximate surface area is 169 Å². The molecule has 0 aliphatic rings. The number of anilines is 1. The molecule has 148 valence electrons. The summed E-state index contributed by atoms with van der Waals surface area (Å²) in [5, 5.41) is 5.70. The molecule has 6 nitrogen and oxygen atoms in total. The number of benzene rings is 2. The molecule has 1 aromatic heterocycles. The van der Waals surface area contributed by atoms with Gasteiger partial charge in [0.1, 0.15) is 5.75 Å². The zero-order valence-corrected chi connectivity index (χ0v) is 16.4. The minimum atomic E-state index is -0.308. The summed E-state index contributed by atoms with van der Waals surface area (Å²) in [6.45, 7) is 2.38. The van der Waals surface area contributed by atoms with Crippen molar-refractivity contribution >= 4 is 17.5 Å². The fourth-order valence-corrected chi connectivity index (χ4v) is 2.85. The number of ether oxygens (including phenoxy) is 1. The van der Waals surface area contributed by atoms with Gasteiger partial charge in [0.25, 0.3) is 11.8 Å². The van der Waals surface area contributed by atoms with Crippen molar-refractivity contribution in [1.29, 1.82) is 0 Å². The second-order valence-corrected chi connectivity index (χ2v) is 6.59. The molecule has 0 radical (unpaired) electrons. The summed E-state index contributed by atoms with van der Waals surface area (Å²) in [5.74, 6) is 0.203. The minimum absolute atomic E-state index is 0.272. The fraction of sp³-hybridized carbons (Fsp3) is 0.174. The van der Waals surface area contributed by atoms with Crippen molar-refractivity contribution in [2.24, 2.45) is 0 Å². The first-order valence-electron chi connectivity index (χ1n) is 9.30. The third kappa shape index (κ3) is 5.42. The number of methoxy groups -OCH3 is 1. The maximum absolute atomic E-state index is 12.5. The molecule has 2 N–H and O–H groups in total. The smallest absolute Gasteiger partial charge is 0.257 e. The average molecular weight is 389 g/mol. The SMILES string of the molecule is COc1cccc(CCNC(=O)c2cncc(C(=O)Nc3ccccc3C)c2)c1. The first-order valence-corrected chi connectivity index (χ1v) is 9.30. The molecule has 3 aromatic rings. The highest BCUT2D eigenvalue weighted by molar-refractivity contribution is 6.06. The van der Waals surface area contributed by atoms with Gasteiger partial charge in [-0.1, -0.05) is 30.3 Å². The van der Waals surface area contributed by atoms with Gasteiger partial charge in [0.2, 0.25) is 0 Å². The third-order valence-electron chi connectivity index (χ3n) is 4.49. The Balaban J connectivity index is 1.60. The third-order valence-corrected chi connectivity index (χ3v) is 4.49. The number of hydrogen-bond donors (Lipinski definition) is 2.